The highest BCUT2D eigenvalue weighted by molar-refractivity contribution is 7.89. The molecule has 2 aromatic rings. The maximum Gasteiger partial charge on any atom is 0.373 e. The molecular weight excluding hydrogens is 430 g/mol. The molecule has 170 valence electrons. The van der Waals surface area contributed by atoms with Gasteiger partial charge in [0.2, 0.25) is 15.9 Å². The minimum atomic E-state index is -3.53. The van der Waals surface area contributed by atoms with E-state index in [4.69, 9.17) is 9.59 Å². The van der Waals surface area contributed by atoms with Crippen molar-refractivity contribution in [2.75, 3.05) is 42.5 Å². The molecule has 2 aromatic carbocycles. The number of rotatable bonds is 5. The number of fused-ring (bicyclic) bond motifs is 1. The van der Waals surface area contributed by atoms with E-state index in [2.05, 4.69) is 17.0 Å². The van der Waals surface area contributed by atoms with Crippen molar-refractivity contribution in [3.63, 3.8) is 0 Å². The van der Waals surface area contributed by atoms with Crippen LogP contribution in [0.15, 0.2) is 53.4 Å². The van der Waals surface area contributed by atoms with Gasteiger partial charge in [0.15, 0.2) is 0 Å². The van der Waals surface area contributed by atoms with Crippen molar-refractivity contribution in [3.8, 4) is 0 Å². The summed E-state index contributed by atoms with van der Waals surface area (Å²) in [5.74, 6) is 0.110. The summed E-state index contributed by atoms with van der Waals surface area (Å²) >= 11 is 0. The van der Waals surface area contributed by atoms with Crippen LogP contribution < -0.4 is 9.80 Å². The van der Waals surface area contributed by atoms with Crippen molar-refractivity contribution in [1.82, 2.24) is 4.31 Å². The molecule has 0 aromatic heterocycles. The maximum absolute atomic E-state index is 13.2. The molecule has 8 nitrogen and oxygen atoms in total. The van der Waals surface area contributed by atoms with E-state index in [-0.39, 0.29) is 12.1 Å². The summed E-state index contributed by atoms with van der Waals surface area (Å²) in [5.41, 5.74) is 2.92. The molecule has 1 amide bonds. The summed E-state index contributed by atoms with van der Waals surface area (Å²) in [4.78, 5) is 32.9. The summed E-state index contributed by atoms with van der Waals surface area (Å²) in [6.07, 6.45) is 2.28. The lowest BCUT2D eigenvalue weighted by atomic mass is 10.2. The average molecular weight is 458 g/mol. The predicted molar refractivity (Wildman–Crippen MR) is 120 cm³/mol. The second-order valence-electron chi connectivity index (χ2n) is 7.65. The average Bonchev–Trinajstić information content (AvgIpc) is 3.24. The summed E-state index contributed by atoms with van der Waals surface area (Å²) in [5, 5.41) is 0. The second kappa shape index (κ2) is 10.5. The molecule has 0 saturated carbocycles. The van der Waals surface area contributed by atoms with Gasteiger partial charge in [-0.2, -0.15) is 13.9 Å². The molecule has 4 rings (SSSR count). The highest BCUT2D eigenvalue weighted by Gasteiger charge is 2.31. The van der Waals surface area contributed by atoms with E-state index in [0.29, 0.717) is 50.5 Å². The van der Waals surface area contributed by atoms with Crippen molar-refractivity contribution >= 4 is 33.5 Å². The van der Waals surface area contributed by atoms with Gasteiger partial charge in [-0.05, 0) is 48.7 Å². The summed E-state index contributed by atoms with van der Waals surface area (Å²) in [6, 6.07) is 15.3. The van der Waals surface area contributed by atoms with Gasteiger partial charge < -0.3 is 9.80 Å². The lowest BCUT2D eigenvalue weighted by Crippen LogP contribution is -2.48. The molecule has 0 radical (unpaired) electrons. The van der Waals surface area contributed by atoms with E-state index in [1.165, 1.54) is 0 Å². The Morgan fingerprint density at radius 2 is 1.62 bits per heavy atom. The molecule has 9 heteroatoms. The predicted octanol–water partition coefficient (Wildman–Crippen LogP) is 2.30. The molecule has 0 unspecified atom stereocenters. The SMILES string of the molecule is CCCC(=O)N1CCc2cc(S(=O)(=O)N3CCN(c4ccccc4)CC3)ccc21.O=C=O. The first kappa shape index (κ1) is 23.7. The Morgan fingerprint density at radius 3 is 2.25 bits per heavy atom. The first-order chi connectivity index (χ1) is 15.4. The Hall–Kier alpha value is -3.00. The summed E-state index contributed by atoms with van der Waals surface area (Å²) in [7, 11) is -3.53. The molecule has 1 fully saturated rings. The van der Waals surface area contributed by atoms with Gasteiger partial charge >= 0.3 is 6.15 Å². The molecule has 2 aliphatic heterocycles. The van der Waals surface area contributed by atoms with E-state index in [9.17, 15) is 13.2 Å². The van der Waals surface area contributed by atoms with E-state index in [0.717, 1.165) is 23.4 Å². The van der Waals surface area contributed by atoms with Crippen LogP contribution in [0, 0.1) is 0 Å². The van der Waals surface area contributed by atoms with E-state index >= 15 is 0 Å². The third kappa shape index (κ3) is 5.07. The van der Waals surface area contributed by atoms with Crippen molar-refractivity contribution < 1.29 is 22.8 Å². The summed E-state index contributed by atoms with van der Waals surface area (Å²) < 4.78 is 27.9. The zero-order valence-corrected chi connectivity index (χ0v) is 18.9. The van der Waals surface area contributed by atoms with Crippen molar-refractivity contribution in [2.45, 2.75) is 31.1 Å². The van der Waals surface area contributed by atoms with Crippen LogP contribution in [0.2, 0.25) is 0 Å². The zero-order valence-electron chi connectivity index (χ0n) is 18.1. The van der Waals surface area contributed by atoms with E-state index < -0.39 is 10.0 Å². The smallest absolute Gasteiger partial charge is 0.369 e. The number of sulfonamides is 1. The molecule has 0 atom stereocenters. The van der Waals surface area contributed by atoms with Gasteiger partial charge in [-0.25, -0.2) is 8.42 Å². The van der Waals surface area contributed by atoms with Gasteiger partial charge in [-0.1, -0.05) is 25.1 Å². The Balaban J connectivity index is 0.000000913. The number of amides is 1. The van der Waals surface area contributed by atoms with Gasteiger partial charge in [0.1, 0.15) is 0 Å². The Morgan fingerprint density at radius 1 is 0.969 bits per heavy atom. The van der Waals surface area contributed by atoms with Gasteiger partial charge in [0.05, 0.1) is 4.90 Å². The van der Waals surface area contributed by atoms with Gasteiger partial charge in [0.25, 0.3) is 0 Å². The number of nitrogens with zero attached hydrogens (tertiary/aromatic N) is 3. The Bertz CT molecular complexity index is 1070. The van der Waals surface area contributed by atoms with Crippen molar-refractivity contribution in [3.05, 3.63) is 54.1 Å². The summed E-state index contributed by atoms with van der Waals surface area (Å²) in [6.45, 7) is 4.90. The number of hydrogen-bond donors (Lipinski definition) is 0. The Kier molecular flexibility index (Phi) is 7.80. The fraction of sp³-hybridized carbons (Fsp3) is 0.391. The van der Waals surface area contributed by atoms with Gasteiger partial charge in [-0.15, -0.1) is 0 Å². The zero-order chi connectivity index (χ0) is 23.1. The molecule has 2 aliphatic rings. The number of para-hydroxylation sites is 1. The molecule has 32 heavy (non-hydrogen) atoms. The van der Waals surface area contributed by atoms with Gasteiger partial charge in [-0.3, -0.25) is 4.79 Å². The number of carbonyl (C=O) groups excluding carboxylic acids is 3. The molecule has 0 bridgehead atoms. The lowest BCUT2D eigenvalue weighted by molar-refractivity contribution is -0.191. The van der Waals surface area contributed by atoms with Crippen LogP contribution >= 0.6 is 0 Å². The minimum absolute atomic E-state index is 0.110. The van der Waals surface area contributed by atoms with E-state index in [1.807, 2.05) is 25.1 Å². The van der Waals surface area contributed by atoms with Crippen molar-refractivity contribution in [2.24, 2.45) is 0 Å². The number of piperazine rings is 1. The molecule has 0 aliphatic carbocycles. The lowest BCUT2D eigenvalue weighted by Gasteiger charge is -2.35. The highest BCUT2D eigenvalue weighted by atomic mass is 32.2. The molecule has 0 N–H and O–H groups in total. The highest BCUT2D eigenvalue weighted by Crippen LogP contribution is 2.32. The fourth-order valence-electron chi connectivity index (χ4n) is 4.12. The first-order valence-corrected chi connectivity index (χ1v) is 12.1. The van der Waals surface area contributed by atoms with Crippen molar-refractivity contribution in [1.29, 1.82) is 0 Å². The monoisotopic (exact) mass is 457 g/mol. The second-order valence-corrected chi connectivity index (χ2v) is 9.58. The standard InChI is InChI=1S/C22H27N3O3S.CO2/c1-2-6-22(26)25-12-11-18-17-20(9-10-21(18)25)29(27,28)24-15-13-23(14-16-24)19-7-4-3-5-8-19;2-1-3/h3-5,7-10,17H,2,6,11-16H2,1H3;. The fourth-order valence-corrected chi connectivity index (χ4v) is 5.59. The van der Waals surface area contributed by atoms with Crippen LogP contribution in [0.5, 0.6) is 0 Å². The number of benzene rings is 2. The quantitative estimate of drug-likeness (QED) is 0.684. The largest absolute Gasteiger partial charge is 0.373 e. The number of anilines is 2. The van der Waals surface area contributed by atoms with E-state index in [1.54, 1.807) is 27.4 Å². The van der Waals surface area contributed by atoms with Crippen LogP contribution in [0.25, 0.3) is 0 Å². The van der Waals surface area contributed by atoms with Crippen LogP contribution in [-0.2, 0) is 30.8 Å². The third-order valence-corrected chi connectivity index (χ3v) is 7.60. The third-order valence-electron chi connectivity index (χ3n) is 5.71. The topological polar surface area (TPSA) is 95.1 Å². The van der Waals surface area contributed by atoms with Crippen LogP contribution in [-0.4, -0.2) is 57.5 Å². The van der Waals surface area contributed by atoms with Gasteiger partial charge in [0, 0.05) is 50.5 Å². The van der Waals surface area contributed by atoms with Crippen LogP contribution in [0.1, 0.15) is 25.3 Å². The van der Waals surface area contributed by atoms with Crippen LogP contribution in [0.3, 0.4) is 0 Å². The molecule has 2 heterocycles. The van der Waals surface area contributed by atoms with Crippen LogP contribution in [0.4, 0.5) is 11.4 Å². The molecule has 1 saturated heterocycles. The molecule has 0 spiro atoms. The first-order valence-electron chi connectivity index (χ1n) is 10.6. The maximum atomic E-state index is 13.2. The minimum Gasteiger partial charge on any atom is -0.369 e. The number of carbonyl (C=O) groups is 1. The molecular formula is C23H27N3O5S. The Labute approximate surface area is 188 Å². The number of hydrogen-bond acceptors (Lipinski definition) is 6. The normalized spacial score (nSPS) is 16.0.